The minimum absolute atomic E-state index is 0.0926. The van der Waals surface area contributed by atoms with E-state index in [1.165, 1.54) is 99.7 Å². The molecule has 0 aliphatic heterocycles. The Kier molecular flexibility index (Phi) is 97.9. The summed E-state index contributed by atoms with van der Waals surface area (Å²) in [5.41, 5.74) is 0. The zero-order valence-corrected chi connectivity index (χ0v) is 32.9. The van der Waals surface area contributed by atoms with E-state index in [0.29, 0.717) is 0 Å². The van der Waals surface area contributed by atoms with Gasteiger partial charge in [-0.2, -0.15) is 0 Å². The van der Waals surface area contributed by atoms with E-state index in [-0.39, 0.29) is 41.1 Å². The second kappa shape index (κ2) is 63.2. The number of carbonyl (C=O) groups is 7. The van der Waals surface area contributed by atoms with E-state index >= 15 is 0 Å². The molecule has 0 radical (unpaired) electrons. The highest BCUT2D eigenvalue weighted by Crippen LogP contribution is 1.70. The highest BCUT2D eigenvalue weighted by Gasteiger charge is 1.88. The third-order valence-electron chi connectivity index (χ3n) is 2.47. The number of amides is 2. The molecular weight excluding hydrogens is 570 g/mol. The Morgan fingerprint density at radius 3 is 0.523 bits per heavy atom. The molecular formula is C32H73N3O9. The van der Waals surface area contributed by atoms with E-state index in [9.17, 15) is 33.6 Å². The number of ketones is 3. The summed E-state index contributed by atoms with van der Waals surface area (Å²) >= 11 is 0. The minimum atomic E-state index is -0.245. The number of hydrogen-bond donors (Lipinski definition) is 0. The van der Waals surface area contributed by atoms with Crippen LogP contribution < -0.4 is 0 Å². The highest BCUT2D eigenvalue weighted by atomic mass is 16.5. The molecule has 12 nitrogen and oxygen atoms in total. The lowest BCUT2D eigenvalue weighted by Gasteiger charge is -2.02. The fourth-order valence-electron chi connectivity index (χ4n) is 0. The molecule has 0 aromatic heterocycles. The molecule has 270 valence electrons. The number of carbonyl (C=O) groups excluding carboxylic acids is 7. The van der Waals surface area contributed by atoms with Crippen LogP contribution in [0.15, 0.2) is 0 Å². The number of Topliss-reactive ketones (excluding diaryl/α,β-unsaturated/α-hetero) is 3. The largest absolute Gasteiger partial charge is 0.469 e. The number of rotatable bonds is 1. The van der Waals surface area contributed by atoms with Crippen molar-refractivity contribution in [3.05, 3.63) is 0 Å². The van der Waals surface area contributed by atoms with E-state index < -0.39 is 0 Å². The van der Waals surface area contributed by atoms with Gasteiger partial charge in [-0.15, -0.1) is 0 Å². The van der Waals surface area contributed by atoms with Crippen molar-refractivity contribution in [1.29, 1.82) is 0 Å². The normalized spacial score (nSPS) is 7.09. The molecule has 0 saturated heterocycles. The second-order valence-corrected chi connectivity index (χ2v) is 9.05. The number of ether oxygens (including phenoxy) is 2. The predicted molar refractivity (Wildman–Crippen MR) is 185 cm³/mol. The SMILES string of the molecule is CC.CC(=O)N(C)C.CC(=O)N(C)C.CC(C)=O.CC(C)=O.CC(C)=O.CCC.CCN(C)C.COC(C)=O.COC(C)=O. The van der Waals surface area contributed by atoms with Crippen LogP contribution in [-0.4, -0.2) is 119 Å². The van der Waals surface area contributed by atoms with Gasteiger partial charge in [0.05, 0.1) is 14.2 Å². The molecule has 0 atom stereocenters. The summed E-state index contributed by atoms with van der Waals surface area (Å²) in [5, 5.41) is 0. The molecule has 0 unspecified atom stereocenters. The monoisotopic (exact) mass is 644 g/mol. The third-order valence-corrected chi connectivity index (χ3v) is 2.47. The molecule has 44 heavy (non-hydrogen) atoms. The van der Waals surface area contributed by atoms with E-state index in [2.05, 4.69) is 49.2 Å². The Morgan fingerprint density at radius 2 is 0.523 bits per heavy atom. The van der Waals surface area contributed by atoms with Crippen molar-refractivity contribution in [2.75, 3.05) is 63.1 Å². The average Bonchev–Trinajstić information content (AvgIpc) is 2.86. The fourth-order valence-corrected chi connectivity index (χ4v) is 0. The van der Waals surface area contributed by atoms with Crippen LogP contribution in [0.2, 0.25) is 0 Å². The van der Waals surface area contributed by atoms with Crippen molar-refractivity contribution in [3.8, 4) is 0 Å². The van der Waals surface area contributed by atoms with Gasteiger partial charge in [0, 0.05) is 55.9 Å². The average molecular weight is 644 g/mol. The van der Waals surface area contributed by atoms with Crippen molar-refractivity contribution in [1.82, 2.24) is 14.7 Å². The topological polar surface area (TPSA) is 148 Å². The Hall–Kier alpha value is -3.15. The molecule has 0 rings (SSSR count). The van der Waals surface area contributed by atoms with E-state index in [0.717, 1.165) is 6.54 Å². The molecule has 0 aromatic rings. The highest BCUT2D eigenvalue weighted by molar-refractivity contribution is 5.73. The van der Waals surface area contributed by atoms with Gasteiger partial charge in [0.2, 0.25) is 11.8 Å². The van der Waals surface area contributed by atoms with Gasteiger partial charge in [-0.25, -0.2) is 0 Å². The minimum Gasteiger partial charge on any atom is -0.469 e. The van der Waals surface area contributed by atoms with Crippen molar-refractivity contribution in [2.45, 2.75) is 110 Å². The van der Waals surface area contributed by atoms with Crippen LogP contribution in [0.3, 0.4) is 0 Å². The quantitative estimate of drug-likeness (QED) is 0.343. The lowest BCUT2D eigenvalue weighted by atomic mass is 10.6. The molecule has 0 aliphatic carbocycles. The van der Waals surface area contributed by atoms with Crippen molar-refractivity contribution < 1.29 is 43.0 Å². The Morgan fingerprint density at radius 1 is 0.455 bits per heavy atom. The smallest absolute Gasteiger partial charge is 0.302 e. The van der Waals surface area contributed by atoms with Crippen molar-refractivity contribution >= 4 is 41.1 Å². The number of hydrogen-bond acceptors (Lipinski definition) is 10. The number of nitrogens with zero attached hydrogens (tertiary/aromatic N) is 3. The Bertz CT molecular complexity index is 576. The van der Waals surface area contributed by atoms with E-state index in [4.69, 9.17) is 0 Å². The zero-order chi connectivity index (χ0) is 38.6. The third kappa shape index (κ3) is 473. The second-order valence-electron chi connectivity index (χ2n) is 9.05. The lowest BCUT2D eigenvalue weighted by molar-refractivity contribution is -0.138. The first kappa shape index (κ1) is 68.2. The molecule has 0 N–H and O–H groups in total. The zero-order valence-electron chi connectivity index (χ0n) is 32.9. The van der Waals surface area contributed by atoms with E-state index in [1.54, 1.807) is 28.2 Å². The van der Waals surface area contributed by atoms with Crippen molar-refractivity contribution in [3.63, 3.8) is 0 Å². The van der Waals surface area contributed by atoms with E-state index in [1.807, 2.05) is 13.8 Å². The Labute approximate surface area is 272 Å². The lowest BCUT2D eigenvalue weighted by Crippen LogP contribution is -2.17. The molecule has 12 heteroatoms. The molecule has 0 spiro atoms. The summed E-state index contributed by atoms with van der Waals surface area (Å²) in [4.78, 5) is 72.8. The van der Waals surface area contributed by atoms with Gasteiger partial charge in [-0.1, -0.05) is 41.0 Å². The fraction of sp³-hybridized carbons (Fsp3) is 0.781. The van der Waals surface area contributed by atoms with Crippen LogP contribution in [0.1, 0.15) is 110 Å². The summed E-state index contributed by atoms with van der Waals surface area (Å²) in [6, 6.07) is 0. The number of esters is 2. The van der Waals surface area contributed by atoms with Crippen LogP contribution in [0.5, 0.6) is 0 Å². The Balaban J connectivity index is -0.0000000369. The molecule has 2 amide bonds. The van der Waals surface area contributed by atoms with Gasteiger partial charge < -0.3 is 38.6 Å². The van der Waals surface area contributed by atoms with Gasteiger partial charge in [0.1, 0.15) is 17.3 Å². The number of methoxy groups -OCH3 is 2. The summed E-state index contributed by atoms with van der Waals surface area (Å²) in [6.07, 6.45) is 1.25. The molecule has 0 aromatic carbocycles. The summed E-state index contributed by atoms with van der Waals surface area (Å²) in [6.45, 7) is 26.5. The van der Waals surface area contributed by atoms with Gasteiger partial charge >= 0.3 is 11.9 Å². The summed E-state index contributed by atoms with van der Waals surface area (Å²) < 4.78 is 8.22. The molecule has 0 saturated carbocycles. The van der Waals surface area contributed by atoms with Crippen LogP contribution >= 0.6 is 0 Å². The van der Waals surface area contributed by atoms with Crippen molar-refractivity contribution in [2.24, 2.45) is 0 Å². The maximum Gasteiger partial charge on any atom is 0.302 e. The molecule has 0 aliphatic rings. The van der Waals surface area contributed by atoms with Crippen LogP contribution in [0, 0.1) is 0 Å². The summed E-state index contributed by atoms with van der Waals surface area (Å²) in [7, 11) is 13.7. The van der Waals surface area contributed by atoms with Crippen LogP contribution in [0.25, 0.3) is 0 Å². The first-order chi connectivity index (χ1) is 19.7. The first-order valence-electron chi connectivity index (χ1n) is 14.2. The predicted octanol–water partition coefficient (Wildman–Crippen LogP) is 5.34. The van der Waals surface area contributed by atoms with Gasteiger partial charge in [0.15, 0.2) is 0 Å². The van der Waals surface area contributed by atoms with Gasteiger partial charge in [-0.05, 0) is 62.2 Å². The van der Waals surface area contributed by atoms with Gasteiger partial charge in [-0.3, -0.25) is 19.2 Å². The first-order valence-corrected chi connectivity index (χ1v) is 14.2. The standard InChI is InChI=1S/2C4H9NO.C4H11N.2C3H6O2.3C3H6O.C3H8.C2H6/c2*1-4(6)5(2)3;1-4-5(2)3;2*1-3(4)5-2;3*1-3(2)4;1-3-2;1-2/h2*1-3H3;4H2,1-3H3;2*1-2H3;3*1-2H3;3H2,1-2H3;1-2H3. The van der Waals surface area contributed by atoms with Crippen LogP contribution in [0.4, 0.5) is 0 Å². The van der Waals surface area contributed by atoms with Crippen LogP contribution in [-0.2, 0) is 43.0 Å². The molecule has 0 fully saturated rings. The molecule has 0 heterocycles. The van der Waals surface area contributed by atoms with Gasteiger partial charge in [0.25, 0.3) is 0 Å². The molecule has 0 bridgehead atoms. The maximum atomic E-state index is 10.1. The summed E-state index contributed by atoms with van der Waals surface area (Å²) in [5.74, 6) is 0.194. The maximum absolute atomic E-state index is 10.1.